The molecule has 3 aromatic carbocycles. The van der Waals surface area contributed by atoms with E-state index in [1.807, 2.05) is 0 Å². The standard InChI is InChI=1S/C31H34N2/c1-22(2)27-18-12-19-28(23(3)4)31(27)33-30(25-15-9-6-10-16-25)29-20-11-17-26(32-29)21-24-13-7-5-8-14-24/h5-20,22-23,32-33H,21H2,1-4H3/b30-29+. The Bertz CT molecular complexity index is 1140. The molecule has 168 valence electrons. The molecule has 0 spiro atoms. The summed E-state index contributed by atoms with van der Waals surface area (Å²) < 4.78 is 0. The Labute approximate surface area is 198 Å². The molecule has 4 rings (SSSR count). The quantitative estimate of drug-likeness (QED) is 0.393. The van der Waals surface area contributed by atoms with Crippen LogP contribution in [0, 0.1) is 0 Å². The Balaban J connectivity index is 1.76. The Morgan fingerprint density at radius 3 is 1.97 bits per heavy atom. The van der Waals surface area contributed by atoms with Crippen LogP contribution in [0.5, 0.6) is 0 Å². The van der Waals surface area contributed by atoms with Crippen LogP contribution < -0.4 is 10.6 Å². The third-order valence-corrected chi connectivity index (χ3v) is 6.05. The molecule has 0 fully saturated rings. The molecule has 3 aromatic rings. The first kappa shape index (κ1) is 22.7. The van der Waals surface area contributed by atoms with Crippen LogP contribution in [0.15, 0.2) is 108 Å². The molecule has 33 heavy (non-hydrogen) atoms. The molecule has 1 heterocycles. The molecule has 0 atom stereocenters. The van der Waals surface area contributed by atoms with Gasteiger partial charge in [-0.2, -0.15) is 0 Å². The fraction of sp³-hybridized carbons (Fsp3) is 0.226. The highest BCUT2D eigenvalue weighted by molar-refractivity contribution is 5.83. The minimum atomic E-state index is 0.427. The number of dihydropyridines is 1. The molecule has 0 amide bonds. The molecular weight excluding hydrogens is 400 g/mol. The summed E-state index contributed by atoms with van der Waals surface area (Å²) in [6.45, 7) is 9.05. The molecule has 0 saturated carbocycles. The molecule has 2 heteroatoms. The van der Waals surface area contributed by atoms with E-state index in [1.54, 1.807) is 0 Å². The van der Waals surface area contributed by atoms with Gasteiger partial charge < -0.3 is 10.6 Å². The number of para-hydroxylation sites is 1. The Hall–Kier alpha value is -3.52. The molecule has 2 nitrogen and oxygen atoms in total. The fourth-order valence-corrected chi connectivity index (χ4v) is 4.30. The number of nitrogens with one attached hydrogen (secondary N) is 2. The average molecular weight is 435 g/mol. The lowest BCUT2D eigenvalue weighted by Crippen LogP contribution is -2.20. The van der Waals surface area contributed by atoms with Gasteiger partial charge in [-0.3, -0.25) is 0 Å². The van der Waals surface area contributed by atoms with Crippen LogP contribution in [0.25, 0.3) is 5.70 Å². The number of anilines is 1. The summed E-state index contributed by atoms with van der Waals surface area (Å²) in [6, 6.07) is 27.9. The van der Waals surface area contributed by atoms with Gasteiger partial charge in [0, 0.05) is 23.4 Å². The number of allylic oxidation sites excluding steroid dienone is 4. The van der Waals surface area contributed by atoms with Gasteiger partial charge in [0.1, 0.15) is 0 Å². The predicted molar refractivity (Wildman–Crippen MR) is 142 cm³/mol. The second-order valence-electron chi connectivity index (χ2n) is 9.24. The zero-order chi connectivity index (χ0) is 23.2. The van der Waals surface area contributed by atoms with E-state index >= 15 is 0 Å². The molecule has 0 unspecified atom stereocenters. The van der Waals surface area contributed by atoms with Crippen molar-refractivity contribution in [1.82, 2.24) is 5.32 Å². The van der Waals surface area contributed by atoms with E-state index in [0.717, 1.165) is 17.8 Å². The molecule has 0 aliphatic carbocycles. The highest BCUT2D eigenvalue weighted by Crippen LogP contribution is 2.35. The Morgan fingerprint density at radius 2 is 1.36 bits per heavy atom. The van der Waals surface area contributed by atoms with Crippen molar-refractivity contribution < 1.29 is 0 Å². The predicted octanol–water partition coefficient (Wildman–Crippen LogP) is 8.00. The van der Waals surface area contributed by atoms with Gasteiger partial charge in [-0.05, 0) is 40.7 Å². The Kier molecular flexibility index (Phi) is 7.14. The largest absolute Gasteiger partial charge is 0.357 e. The number of benzene rings is 3. The highest BCUT2D eigenvalue weighted by atomic mass is 15.0. The van der Waals surface area contributed by atoms with E-state index in [-0.39, 0.29) is 0 Å². The van der Waals surface area contributed by atoms with Crippen LogP contribution in [0.4, 0.5) is 5.69 Å². The van der Waals surface area contributed by atoms with Crippen LogP contribution in [-0.4, -0.2) is 0 Å². The monoisotopic (exact) mass is 434 g/mol. The summed E-state index contributed by atoms with van der Waals surface area (Å²) in [4.78, 5) is 0. The number of rotatable bonds is 7. The van der Waals surface area contributed by atoms with E-state index in [1.165, 1.54) is 33.6 Å². The first-order chi connectivity index (χ1) is 16.0. The van der Waals surface area contributed by atoms with Gasteiger partial charge in [0.25, 0.3) is 0 Å². The average Bonchev–Trinajstić information content (AvgIpc) is 2.83. The topological polar surface area (TPSA) is 24.1 Å². The van der Waals surface area contributed by atoms with Crippen molar-refractivity contribution in [2.45, 2.75) is 46.0 Å². The van der Waals surface area contributed by atoms with Crippen molar-refractivity contribution in [2.24, 2.45) is 0 Å². The van der Waals surface area contributed by atoms with Crippen LogP contribution >= 0.6 is 0 Å². The smallest absolute Gasteiger partial charge is 0.0697 e. The fourth-order valence-electron chi connectivity index (χ4n) is 4.30. The van der Waals surface area contributed by atoms with E-state index < -0.39 is 0 Å². The summed E-state index contributed by atoms with van der Waals surface area (Å²) in [5.41, 5.74) is 9.75. The normalized spacial score (nSPS) is 14.8. The lowest BCUT2D eigenvalue weighted by atomic mass is 9.92. The second-order valence-corrected chi connectivity index (χ2v) is 9.24. The van der Waals surface area contributed by atoms with Crippen LogP contribution in [0.1, 0.15) is 61.8 Å². The zero-order valence-corrected chi connectivity index (χ0v) is 20.1. The summed E-state index contributed by atoms with van der Waals surface area (Å²) >= 11 is 0. The van der Waals surface area contributed by atoms with Crippen molar-refractivity contribution in [2.75, 3.05) is 5.32 Å². The van der Waals surface area contributed by atoms with Crippen LogP contribution in [0.3, 0.4) is 0 Å². The second kappa shape index (κ2) is 10.4. The number of hydrogen-bond donors (Lipinski definition) is 2. The van der Waals surface area contributed by atoms with Crippen molar-refractivity contribution in [1.29, 1.82) is 0 Å². The van der Waals surface area contributed by atoms with Gasteiger partial charge in [-0.1, -0.05) is 113 Å². The van der Waals surface area contributed by atoms with E-state index in [9.17, 15) is 0 Å². The van der Waals surface area contributed by atoms with Crippen LogP contribution in [0.2, 0.25) is 0 Å². The molecule has 0 radical (unpaired) electrons. The van der Waals surface area contributed by atoms with Crippen LogP contribution in [-0.2, 0) is 6.42 Å². The highest BCUT2D eigenvalue weighted by Gasteiger charge is 2.18. The number of hydrogen-bond acceptors (Lipinski definition) is 2. The summed E-state index contributed by atoms with van der Waals surface area (Å²) in [7, 11) is 0. The lowest BCUT2D eigenvalue weighted by Gasteiger charge is -2.25. The SMILES string of the molecule is CC(C)c1cccc(C(C)C)c1N/C(=C1\C=CC=C(Cc2ccccc2)N1)c1ccccc1. The molecule has 0 bridgehead atoms. The van der Waals surface area contributed by atoms with Crippen molar-refractivity contribution in [3.63, 3.8) is 0 Å². The first-order valence-electron chi connectivity index (χ1n) is 11.9. The summed E-state index contributed by atoms with van der Waals surface area (Å²) in [5, 5.41) is 7.60. The minimum absolute atomic E-state index is 0.427. The van der Waals surface area contributed by atoms with Crippen molar-refractivity contribution >= 4 is 11.4 Å². The van der Waals surface area contributed by atoms with Crippen molar-refractivity contribution in [3.05, 3.63) is 131 Å². The minimum Gasteiger partial charge on any atom is -0.357 e. The molecular formula is C31H34N2. The summed E-state index contributed by atoms with van der Waals surface area (Å²) in [6.07, 6.45) is 7.35. The van der Waals surface area contributed by atoms with Gasteiger partial charge in [0.2, 0.25) is 0 Å². The molecule has 1 aliphatic heterocycles. The first-order valence-corrected chi connectivity index (χ1v) is 11.9. The molecule has 0 saturated heterocycles. The maximum atomic E-state index is 3.89. The van der Waals surface area contributed by atoms with Gasteiger partial charge >= 0.3 is 0 Å². The third kappa shape index (κ3) is 5.46. The molecule has 2 N–H and O–H groups in total. The van der Waals surface area contributed by atoms with E-state index in [0.29, 0.717) is 11.8 Å². The summed E-state index contributed by atoms with van der Waals surface area (Å²) in [5.74, 6) is 0.855. The van der Waals surface area contributed by atoms with E-state index in [2.05, 4.69) is 135 Å². The Morgan fingerprint density at radius 1 is 0.758 bits per heavy atom. The molecule has 1 aliphatic rings. The van der Waals surface area contributed by atoms with Gasteiger partial charge in [0.05, 0.1) is 11.4 Å². The van der Waals surface area contributed by atoms with Gasteiger partial charge in [-0.15, -0.1) is 0 Å². The lowest BCUT2D eigenvalue weighted by molar-refractivity contribution is 0.838. The van der Waals surface area contributed by atoms with Gasteiger partial charge in [-0.25, -0.2) is 0 Å². The van der Waals surface area contributed by atoms with Gasteiger partial charge in [0.15, 0.2) is 0 Å². The zero-order valence-electron chi connectivity index (χ0n) is 20.1. The maximum Gasteiger partial charge on any atom is 0.0697 e. The third-order valence-electron chi connectivity index (χ3n) is 6.05. The maximum absolute atomic E-state index is 3.89. The van der Waals surface area contributed by atoms with E-state index in [4.69, 9.17) is 0 Å². The van der Waals surface area contributed by atoms with Crippen molar-refractivity contribution in [3.8, 4) is 0 Å². The molecule has 0 aromatic heterocycles.